The normalized spacial score (nSPS) is 14.7. The number of hydrogen-bond donors (Lipinski definition) is 1. The topological polar surface area (TPSA) is 29.1 Å². The van der Waals surface area contributed by atoms with Crippen molar-refractivity contribution in [1.82, 2.24) is 5.32 Å². The van der Waals surface area contributed by atoms with E-state index in [2.05, 4.69) is 18.0 Å². The van der Waals surface area contributed by atoms with Crippen molar-refractivity contribution in [3.8, 4) is 0 Å². The molecule has 2 nitrogen and oxygen atoms in total. The first-order valence-corrected chi connectivity index (χ1v) is 6.40. The van der Waals surface area contributed by atoms with Gasteiger partial charge >= 0.3 is 0 Å². The molecule has 98 valence electrons. The summed E-state index contributed by atoms with van der Waals surface area (Å²) >= 11 is 16.5. The highest BCUT2D eigenvalue weighted by Crippen LogP contribution is 2.27. The Morgan fingerprint density at radius 3 is 2.24 bits per heavy atom. The Bertz CT molecular complexity index is 316. The van der Waals surface area contributed by atoms with Crippen LogP contribution in [0.25, 0.3) is 0 Å². The third kappa shape index (κ3) is 6.97. The number of allylic oxidation sites excluding steroid dienone is 2. The van der Waals surface area contributed by atoms with Gasteiger partial charge in [-0.15, -0.1) is 6.58 Å². The van der Waals surface area contributed by atoms with E-state index in [9.17, 15) is 4.79 Å². The highest BCUT2D eigenvalue weighted by atomic mass is 35.6. The van der Waals surface area contributed by atoms with Crippen LogP contribution in [-0.2, 0) is 4.79 Å². The quantitative estimate of drug-likeness (QED) is 0.599. The van der Waals surface area contributed by atoms with Crippen LogP contribution in [0, 0.1) is 0 Å². The molecular formula is C12H18Cl3NO. The Kier molecular flexibility index (Phi) is 6.60. The van der Waals surface area contributed by atoms with Gasteiger partial charge in [-0.05, 0) is 33.6 Å². The average molecular weight is 299 g/mol. The summed E-state index contributed by atoms with van der Waals surface area (Å²) in [7, 11) is 0. The van der Waals surface area contributed by atoms with Crippen LogP contribution >= 0.6 is 34.8 Å². The van der Waals surface area contributed by atoms with Crippen molar-refractivity contribution in [2.24, 2.45) is 0 Å². The molecule has 0 aliphatic carbocycles. The van der Waals surface area contributed by atoms with Crippen LogP contribution in [0.5, 0.6) is 0 Å². The standard InChI is InChI=1S/C12H18Cl3NO/c1-5-11(4,8-6-7-9(2)3)16-10(17)12(13,14)15/h5,7H,1,6,8H2,2-4H3,(H,16,17)/t11-/m0/s1. The second-order valence-corrected chi connectivity index (χ2v) is 6.67. The Morgan fingerprint density at radius 2 is 1.88 bits per heavy atom. The van der Waals surface area contributed by atoms with Crippen LogP contribution in [0.15, 0.2) is 24.3 Å². The van der Waals surface area contributed by atoms with E-state index in [1.807, 2.05) is 20.8 Å². The lowest BCUT2D eigenvalue weighted by Gasteiger charge is -2.28. The molecule has 0 fully saturated rings. The van der Waals surface area contributed by atoms with Crippen molar-refractivity contribution in [1.29, 1.82) is 0 Å². The van der Waals surface area contributed by atoms with Gasteiger partial charge in [-0.1, -0.05) is 52.5 Å². The summed E-state index contributed by atoms with van der Waals surface area (Å²) in [4.78, 5) is 11.6. The number of carbonyl (C=O) groups is 1. The Labute approximate surface area is 118 Å². The van der Waals surface area contributed by atoms with Crippen LogP contribution in [0.1, 0.15) is 33.6 Å². The zero-order valence-corrected chi connectivity index (χ0v) is 12.6. The van der Waals surface area contributed by atoms with Crippen molar-refractivity contribution in [2.45, 2.75) is 42.9 Å². The maximum absolute atomic E-state index is 11.6. The van der Waals surface area contributed by atoms with Crippen LogP contribution in [0.3, 0.4) is 0 Å². The fourth-order valence-corrected chi connectivity index (χ4v) is 1.35. The Hall–Kier alpha value is -0.180. The number of rotatable bonds is 5. The number of hydrogen-bond acceptors (Lipinski definition) is 1. The second kappa shape index (κ2) is 6.67. The van der Waals surface area contributed by atoms with Crippen LogP contribution in [-0.4, -0.2) is 15.2 Å². The summed E-state index contributed by atoms with van der Waals surface area (Å²) < 4.78 is -1.94. The van der Waals surface area contributed by atoms with E-state index in [1.54, 1.807) is 6.08 Å². The molecule has 0 bridgehead atoms. The zero-order chi connectivity index (χ0) is 13.7. The molecule has 0 radical (unpaired) electrons. The summed E-state index contributed by atoms with van der Waals surface area (Å²) in [5.41, 5.74) is 0.650. The van der Waals surface area contributed by atoms with Crippen molar-refractivity contribution >= 4 is 40.7 Å². The van der Waals surface area contributed by atoms with Crippen molar-refractivity contribution in [2.75, 3.05) is 0 Å². The van der Waals surface area contributed by atoms with Crippen LogP contribution in [0.2, 0.25) is 0 Å². The molecule has 1 atom stereocenters. The van der Waals surface area contributed by atoms with Gasteiger partial charge in [0.1, 0.15) is 0 Å². The summed E-state index contributed by atoms with van der Waals surface area (Å²) in [6, 6.07) is 0. The number of nitrogens with one attached hydrogen (secondary N) is 1. The third-order valence-corrected chi connectivity index (χ3v) is 2.84. The monoisotopic (exact) mass is 297 g/mol. The first-order valence-electron chi connectivity index (χ1n) is 5.27. The van der Waals surface area contributed by atoms with Crippen LogP contribution in [0.4, 0.5) is 0 Å². The van der Waals surface area contributed by atoms with Gasteiger partial charge < -0.3 is 5.32 Å². The van der Waals surface area contributed by atoms with E-state index in [0.29, 0.717) is 6.42 Å². The van der Waals surface area contributed by atoms with Gasteiger partial charge in [0, 0.05) is 0 Å². The van der Waals surface area contributed by atoms with E-state index in [0.717, 1.165) is 6.42 Å². The number of carbonyl (C=O) groups excluding carboxylic acids is 1. The summed E-state index contributed by atoms with van der Waals surface area (Å²) in [6.45, 7) is 9.58. The maximum Gasteiger partial charge on any atom is 0.272 e. The lowest BCUT2D eigenvalue weighted by molar-refractivity contribution is -0.121. The molecule has 5 heteroatoms. The molecule has 1 amide bonds. The molecule has 0 saturated carbocycles. The third-order valence-electron chi connectivity index (χ3n) is 2.32. The molecule has 0 saturated heterocycles. The molecule has 0 spiro atoms. The van der Waals surface area contributed by atoms with E-state index in [-0.39, 0.29) is 0 Å². The molecule has 0 aliphatic heterocycles. The predicted molar refractivity (Wildman–Crippen MR) is 75.7 cm³/mol. The first kappa shape index (κ1) is 16.8. The van der Waals surface area contributed by atoms with E-state index >= 15 is 0 Å². The average Bonchev–Trinajstić information content (AvgIpc) is 2.15. The summed E-state index contributed by atoms with van der Waals surface area (Å²) in [6.07, 6.45) is 5.27. The van der Waals surface area contributed by atoms with E-state index in [1.165, 1.54) is 5.57 Å². The maximum atomic E-state index is 11.6. The lowest BCUT2D eigenvalue weighted by atomic mass is 9.95. The summed E-state index contributed by atoms with van der Waals surface area (Å²) in [5.74, 6) is -0.637. The van der Waals surface area contributed by atoms with Gasteiger partial charge in [-0.25, -0.2) is 0 Å². The predicted octanol–water partition coefficient (Wildman–Crippen LogP) is 4.16. The molecule has 0 aromatic rings. The minimum absolute atomic E-state index is 0.576. The van der Waals surface area contributed by atoms with Crippen molar-refractivity contribution in [3.05, 3.63) is 24.3 Å². The molecule has 0 aromatic heterocycles. The van der Waals surface area contributed by atoms with Gasteiger partial charge in [0.2, 0.25) is 0 Å². The van der Waals surface area contributed by atoms with Crippen molar-refractivity contribution in [3.63, 3.8) is 0 Å². The van der Waals surface area contributed by atoms with Gasteiger partial charge in [0.15, 0.2) is 0 Å². The molecule has 0 rings (SSSR count). The molecule has 0 aromatic carbocycles. The van der Waals surface area contributed by atoms with Gasteiger partial charge in [-0.2, -0.15) is 0 Å². The van der Waals surface area contributed by atoms with Gasteiger partial charge in [0.25, 0.3) is 9.70 Å². The highest BCUT2D eigenvalue weighted by molar-refractivity contribution is 6.76. The first-order chi connectivity index (χ1) is 7.60. The smallest absolute Gasteiger partial charge is 0.272 e. The number of halogens is 3. The molecule has 17 heavy (non-hydrogen) atoms. The van der Waals surface area contributed by atoms with E-state index < -0.39 is 15.2 Å². The van der Waals surface area contributed by atoms with E-state index in [4.69, 9.17) is 34.8 Å². The molecule has 1 N–H and O–H groups in total. The SMILES string of the molecule is C=C[C@@](C)(CCC=C(C)C)NC(=O)C(Cl)(Cl)Cl. The Balaban J connectivity index is 4.53. The van der Waals surface area contributed by atoms with Crippen molar-refractivity contribution < 1.29 is 4.79 Å². The number of amides is 1. The zero-order valence-electron chi connectivity index (χ0n) is 10.3. The molecule has 0 aliphatic rings. The largest absolute Gasteiger partial charge is 0.344 e. The fourth-order valence-electron chi connectivity index (χ4n) is 1.21. The van der Waals surface area contributed by atoms with Crippen LogP contribution < -0.4 is 5.32 Å². The second-order valence-electron chi connectivity index (χ2n) is 4.39. The highest BCUT2D eigenvalue weighted by Gasteiger charge is 2.34. The summed E-state index contributed by atoms with van der Waals surface area (Å²) in [5, 5.41) is 2.67. The minimum atomic E-state index is -1.94. The molecular weight excluding hydrogens is 280 g/mol. The molecule has 0 heterocycles. The molecule has 0 unspecified atom stereocenters. The lowest BCUT2D eigenvalue weighted by Crippen LogP contribution is -2.48. The fraction of sp³-hybridized carbons (Fsp3) is 0.583. The van der Waals surface area contributed by atoms with Gasteiger partial charge in [0.05, 0.1) is 5.54 Å². The van der Waals surface area contributed by atoms with Gasteiger partial charge in [-0.3, -0.25) is 4.79 Å². The number of alkyl halides is 3. The minimum Gasteiger partial charge on any atom is -0.344 e. The Morgan fingerprint density at radius 1 is 1.35 bits per heavy atom.